The number of hydrogen-bond acceptors (Lipinski definition) is 2. The molecule has 0 aromatic rings. The van der Waals surface area contributed by atoms with Gasteiger partial charge in [-0.3, -0.25) is 4.79 Å². The van der Waals surface area contributed by atoms with Gasteiger partial charge in [-0.2, -0.15) is 0 Å². The van der Waals surface area contributed by atoms with E-state index in [1.807, 2.05) is 7.05 Å². The van der Waals surface area contributed by atoms with Crippen molar-refractivity contribution in [3.8, 4) is 12.3 Å². The molecule has 1 aliphatic rings. The lowest BCUT2D eigenvalue weighted by atomic mass is 10.0. The van der Waals surface area contributed by atoms with Crippen molar-refractivity contribution in [1.82, 2.24) is 10.2 Å². The molecular formula is C11H18N2O. The van der Waals surface area contributed by atoms with Crippen molar-refractivity contribution in [3.05, 3.63) is 0 Å². The Kier molecular flexibility index (Phi) is 4.48. The summed E-state index contributed by atoms with van der Waals surface area (Å²) in [7, 11) is 1.82. The number of amides is 1. The van der Waals surface area contributed by atoms with Crippen LogP contribution < -0.4 is 5.32 Å². The fourth-order valence-corrected chi connectivity index (χ4v) is 1.73. The van der Waals surface area contributed by atoms with Gasteiger partial charge in [-0.25, -0.2) is 0 Å². The minimum atomic E-state index is 0.0415. The highest BCUT2D eigenvalue weighted by molar-refractivity contribution is 5.78. The Morgan fingerprint density at radius 1 is 1.64 bits per heavy atom. The van der Waals surface area contributed by atoms with Crippen LogP contribution in [0.25, 0.3) is 0 Å². The van der Waals surface area contributed by atoms with Gasteiger partial charge >= 0.3 is 0 Å². The number of terminal acetylenes is 1. The van der Waals surface area contributed by atoms with E-state index in [9.17, 15) is 4.79 Å². The molecule has 0 saturated carbocycles. The monoisotopic (exact) mass is 194 g/mol. The zero-order chi connectivity index (χ0) is 10.4. The number of likely N-dealkylation sites (N-methyl/N-ethyl adjacent to an activating group) is 1. The third-order valence-corrected chi connectivity index (χ3v) is 2.59. The summed E-state index contributed by atoms with van der Waals surface area (Å²) in [6, 6.07) is 0.454. The van der Waals surface area contributed by atoms with Gasteiger partial charge in [0.2, 0.25) is 5.91 Å². The summed E-state index contributed by atoms with van der Waals surface area (Å²) in [5.74, 6) is 2.42. The molecule has 1 heterocycles. The van der Waals surface area contributed by atoms with E-state index in [2.05, 4.69) is 11.2 Å². The minimum absolute atomic E-state index is 0.0415. The number of carbonyl (C=O) groups is 1. The fourth-order valence-electron chi connectivity index (χ4n) is 1.73. The van der Waals surface area contributed by atoms with E-state index in [1.165, 1.54) is 12.8 Å². The largest absolute Gasteiger partial charge is 0.343 e. The number of rotatable bonds is 3. The van der Waals surface area contributed by atoms with Crippen LogP contribution in [0.3, 0.4) is 0 Å². The van der Waals surface area contributed by atoms with Crippen LogP contribution in [0.4, 0.5) is 0 Å². The van der Waals surface area contributed by atoms with Gasteiger partial charge in [0.25, 0.3) is 0 Å². The van der Waals surface area contributed by atoms with Gasteiger partial charge in [-0.15, -0.1) is 6.42 Å². The standard InChI is InChI=1S/C11H18N2O/c1-3-6-11(14)13(2)9-10-7-4-5-8-12-10/h1,10,12H,4-9H2,2H3. The molecule has 3 nitrogen and oxygen atoms in total. The Balaban J connectivity index is 2.28. The van der Waals surface area contributed by atoms with E-state index in [0.717, 1.165) is 19.5 Å². The Morgan fingerprint density at radius 3 is 3.00 bits per heavy atom. The van der Waals surface area contributed by atoms with Gasteiger partial charge in [0.05, 0.1) is 6.42 Å². The van der Waals surface area contributed by atoms with Gasteiger partial charge in [0.15, 0.2) is 0 Å². The second-order valence-electron chi connectivity index (χ2n) is 3.80. The topological polar surface area (TPSA) is 32.3 Å². The van der Waals surface area contributed by atoms with E-state index < -0.39 is 0 Å². The van der Waals surface area contributed by atoms with Crippen LogP contribution in [-0.4, -0.2) is 37.0 Å². The number of nitrogens with one attached hydrogen (secondary N) is 1. The molecular weight excluding hydrogens is 176 g/mol. The van der Waals surface area contributed by atoms with Crippen LogP contribution in [0.2, 0.25) is 0 Å². The van der Waals surface area contributed by atoms with Crippen LogP contribution >= 0.6 is 0 Å². The molecule has 1 unspecified atom stereocenters. The molecule has 0 aromatic carbocycles. The van der Waals surface area contributed by atoms with E-state index in [0.29, 0.717) is 6.04 Å². The average molecular weight is 194 g/mol. The summed E-state index contributed by atoms with van der Waals surface area (Å²) in [5, 5.41) is 3.40. The Morgan fingerprint density at radius 2 is 2.43 bits per heavy atom. The first-order chi connectivity index (χ1) is 6.74. The molecule has 0 spiro atoms. The molecule has 1 fully saturated rings. The van der Waals surface area contributed by atoms with Crippen LogP contribution in [0.5, 0.6) is 0 Å². The zero-order valence-corrected chi connectivity index (χ0v) is 8.75. The zero-order valence-electron chi connectivity index (χ0n) is 8.75. The molecule has 78 valence electrons. The van der Waals surface area contributed by atoms with Crippen LogP contribution in [0.15, 0.2) is 0 Å². The number of piperidine rings is 1. The summed E-state index contributed by atoms with van der Waals surface area (Å²) in [6.45, 7) is 1.85. The molecule has 1 N–H and O–H groups in total. The first kappa shape index (κ1) is 11.1. The van der Waals surface area contributed by atoms with Crippen LogP contribution in [0.1, 0.15) is 25.7 Å². The predicted molar refractivity (Wildman–Crippen MR) is 56.7 cm³/mol. The molecule has 3 heteroatoms. The maximum Gasteiger partial charge on any atom is 0.234 e. The number of hydrogen-bond donors (Lipinski definition) is 1. The Labute approximate surface area is 85.9 Å². The lowest BCUT2D eigenvalue weighted by Gasteiger charge is -2.27. The Bertz CT molecular complexity index is 226. The van der Waals surface area contributed by atoms with Gasteiger partial charge in [0, 0.05) is 19.6 Å². The van der Waals surface area contributed by atoms with Crippen LogP contribution in [0, 0.1) is 12.3 Å². The Hall–Kier alpha value is -1.01. The SMILES string of the molecule is C#CCC(=O)N(C)CC1CCCCN1. The van der Waals surface area contributed by atoms with Crippen LogP contribution in [-0.2, 0) is 4.79 Å². The fraction of sp³-hybridized carbons (Fsp3) is 0.727. The number of carbonyl (C=O) groups excluding carboxylic acids is 1. The normalized spacial score (nSPS) is 21.3. The summed E-state index contributed by atoms with van der Waals surface area (Å²) in [5.41, 5.74) is 0. The molecule has 1 amide bonds. The van der Waals surface area contributed by atoms with Gasteiger partial charge in [-0.05, 0) is 19.4 Å². The van der Waals surface area contributed by atoms with Crippen molar-refractivity contribution < 1.29 is 4.79 Å². The van der Waals surface area contributed by atoms with E-state index >= 15 is 0 Å². The molecule has 0 aliphatic carbocycles. The smallest absolute Gasteiger partial charge is 0.234 e. The lowest BCUT2D eigenvalue weighted by Crippen LogP contribution is -2.44. The van der Waals surface area contributed by atoms with Gasteiger partial charge in [0.1, 0.15) is 0 Å². The molecule has 0 aromatic heterocycles. The van der Waals surface area contributed by atoms with E-state index in [4.69, 9.17) is 6.42 Å². The van der Waals surface area contributed by atoms with Crippen molar-refractivity contribution in [3.63, 3.8) is 0 Å². The number of nitrogens with zero attached hydrogens (tertiary/aromatic N) is 1. The van der Waals surface area contributed by atoms with Crippen molar-refractivity contribution in [1.29, 1.82) is 0 Å². The van der Waals surface area contributed by atoms with Gasteiger partial charge < -0.3 is 10.2 Å². The average Bonchev–Trinajstić information content (AvgIpc) is 2.19. The molecule has 0 radical (unpaired) electrons. The quantitative estimate of drug-likeness (QED) is 0.668. The predicted octanol–water partition coefficient (Wildman–Crippen LogP) is 0.610. The second-order valence-corrected chi connectivity index (χ2v) is 3.80. The third-order valence-electron chi connectivity index (χ3n) is 2.59. The molecule has 1 saturated heterocycles. The first-order valence-electron chi connectivity index (χ1n) is 5.15. The summed E-state index contributed by atoms with van der Waals surface area (Å²) >= 11 is 0. The molecule has 14 heavy (non-hydrogen) atoms. The maximum atomic E-state index is 11.4. The molecule has 1 aliphatic heterocycles. The van der Waals surface area contributed by atoms with E-state index in [1.54, 1.807) is 4.90 Å². The van der Waals surface area contributed by atoms with Crippen molar-refractivity contribution in [2.24, 2.45) is 0 Å². The molecule has 1 rings (SSSR count). The minimum Gasteiger partial charge on any atom is -0.343 e. The lowest BCUT2D eigenvalue weighted by molar-refractivity contribution is -0.129. The second kappa shape index (κ2) is 5.66. The van der Waals surface area contributed by atoms with E-state index in [-0.39, 0.29) is 12.3 Å². The highest BCUT2D eigenvalue weighted by Gasteiger charge is 2.16. The van der Waals surface area contributed by atoms with Crippen molar-refractivity contribution >= 4 is 5.91 Å². The summed E-state index contributed by atoms with van der Waals surface area (Å²) in [6.07, 6.45) is 8.97. The summed E-state index contributed by atoms with van der Waals surface area (Å²) < 4.78 is 0. The summed E-state index contributed by atoms with van der Waals surface area (Å²) in [4.78, 5) is 13.1. The molecule has 1 atom stereocenters. The van der Waals surface area contributed by atoms with Crippen molar-refractivity contribution in [2.75, 3.05) is 20.1 Å². The molecule has 0 bridgehead atoms. The maximum absolute atomic E-state index is 11.4. The first-order valence-corrected chi connectivity index (χ1v) is 5.15. The van der Waals surface area contributed by atoms with Gasteiger partial charge in [-0.1, -0.05) is 12.3 Å². The van der Waals surface area contributed by atoms with Crippen molar-refractivity contribution in [2.45, 2.75) is 31.7 Å². The third kappa shape index (κ3) is 3.39. The highest BCUT2D eigenvalue weighted by atomic mass is 16.2. The highest BCUT2D eigenvalue weighted by Crippen LogP contribution is 2.08.